The highest BCUT2D eigenvalue weighted by atomic mass is 16.8. The highest BCUT2D eigenvalue weighted by Gasteiger charge is 2.21. The minimum atomic E-state index is -0.352. The molecule has 2 N–H and O–H groups in total. The summed E-state index contributed by atoms with van der Waals surface area (Å²) >= 11 is 0. The summed E-state index contributed by atoms with van der Waals surface area (Å²) in [4.78, 5) is 5.06. The molecule has 7 heteroatoms. The largest absolute Gasteiger partial charge is 0.612 e. The van der Waals surface area contributed by atoms with Crippen molar-refractivity contribution in [2.75, 3.05) is 39.6 Å². The first kappa shape index (κ1) is 17.9. The first-order valence-electron chi connectivity index (χ1n) is 8.50. The fourth-order valence-electron chi connectivity index (χ4n) is 3.14. The third kappa shape index (κ3) is 3.39. The molecule has 0 bridgehead atoms. The van der Waals surface area contributed by atoms with Gasteiger partial charge in [0.15, 0.2) is 0 Å². The molecule has 0 spiro atoms. The predicted octanol–water partition coefficient (Wildman–Crippen LogP) is 2.41. The van der Waals surface area contributed by atoms with Crippen LogP contribution < -0.4 is 20.3 Å². The van der Waals surface area contributed by atoms with Gasteiger partial charge in [-0.05, 0) is 39.2 Å². The minimum Gasteiger partial charge on any atom is -0.612 e. The molecule has 138 valence electrons. The summed E-state index contributed by atoms with van der Waals surface area (Å²) in [6.07, 6.45) is 0.930. The van der Waals surface area contributed by atoms with Gasteiger partial charge in [-0.15, -0.1) is 0 Å². The van der Waals surface area contributed by atoms with E-state index in [1.807, 2.05) is 38.4 Å². The number of aromatic nitrogens is 1. The Kier molecular flexibility index (Phi) is 5.18. The van der Waals surface area contributed by atoms with Crippen LogP contribution in [-0.4, -0.2) is 44.2 Å². The van der Waals surface area contributed by atoms with E-state index < -0.39 is 0 Å². The number of fused-ring (bicyclic) bond motifs is 2. The van der Waals surface area contributed by atoms with Gasteiger partial charge in [0.25, 0.3) is 0 Å². The lowest BCUT2D eigenvalue weighted by Crippen LogP contribution is -2.24. The maximum absolute atomic E-state index is 11.6. The molecule has 1 heterocycles. The van der Waals surface area contributed by atoms with E-state index in [-0.39, 0.29) is 10.3 Å². The molecule has 0 unspecified atom stereocenters. The number of hydrogen-bond acceptors (Lipinski definition) is 5. The quantitative estimate of drug-likeness (QED) is 0.403. The van der Waals surface area contributed by atoms with Gasteiger partial charge in [0, 0.05) is 23.5 Å². The van der Waals surface area contributed by atoms with Gasteiger partial charge in [0.2, 0.25) is 5.36 Å². The smallest absolute Gasteiger partial charge is 0.234 e. The molecule has 0 amide bonds. The van der Waals surface area contributed by atoms with Gasteiger partial charge in [-0.2, -0.15) is 4.90 Å². The van der Waals surface area contributed by atoms with E-state index in [0.717, 1.165) is 36.1 Å². The lowest BCUT2D eigenvalue weighted by molar-refractivity contribution is 0.405. The number of H-pyrrole nitrogens is 1. The van der Waals surface area contributed by atoms with Crippen molar-refractivity contribution in [3.05, 3.63) is 52.2 Å². The van der Waals surface area contributed by atoms with Gasteiger partial charge in [-0.1, -0.05) is 18.2 Å². The van der Waals surface area contributed by atoms with Gasteiger partial charge in [-0.25, -0.2) is 0 Å². The average molecular weight is 355 g/mol. The molecule has 2 aliphatic rings. The molecule has 1 aliphatic heterocycles. The SMILES string of the molecule is COc1ccc(=[N+]([O-])[O-])c2c(NCCCN(C)C)c3ccccc3[nH]c1-2. The minimum absolute atomic E-state index is 0.0536. The topological polar surface area (TPSA) is 89.4 Å². The van der Waals surface area contributed by atoms with Crippen molar-refractivity contribution in [1.82, 2.24) is 14.8 Å². The number of ether oxygens (including phenoxy) is 1. The second-order valence-corrected chi connectivity index (χ2v) is 6.42. The summed E-state index contributed by atoms with van der Waals surface area (Å²) in [5.41, 5.74) is 2.82. The van der Waals surface area contributed by atoms with E-state index in [9.17, 15) is 10.4 Å². The number of rotatable bonds is 6. The Morgan fingerprint density at radius 1 is 1.15 bits per heavy atom. The van der Waals surface area contributed by atoms with Crippen LogP contribution >= 0.6 is 0 Å². The van der Waals surface area contributed by atoms with Crippen LogP contribution in [0.25, 0.3) is 22.2 Å². The number of benzene rings is 2. The molecule has 3 rings (SSSR count). The number of nitrogens with zero attached hydrogens (tertiary/aromatic N) is 2. The highest BCUT2D eigenvalue weighted by molar-refractivity contribution is 6.01. The van der Waals surface area contributed by atoms with E-state index in [0.29, 0.717) is 17.0 Å². The number of pyridine rings is 1. The molecule has 0 saturated carbocycles. The Hall–Kier alpha value is -2.93. The molecular formula is C19H23N4O3-. The fourth-order valence-corrected chi connectivity index (χ4v) is 3.14. The van der Waals surface area contributed by atoms with Crippen LogP contribution in [0, 0.1) is 10.4 Å². The van der Waals surface area contributed by atoms with E-state index in [1.54, 1.807) is 13.2 Å². The first-order chi connectivity index (χ1) is 12.5. The predicted molar refractivity (Wildman–Crippen MR) is 105 cm³/mol. The van der Waals surface area contributed by atoms with E-state index >= 15 is 0 Å². The van der Waals surface area contributed by atoms with Crippen LogP contribution in [0.2, 0.25) is 0 Å². The van der Waals surface area contributed by atoms with Crippen molar-refractivity contribution in [2.45, 2.75) is 6.42 Å². The van der Waals surface area contributed by atoms with Gasteiger partial charge in [0.05, 0.1) is 24.1 Å². The molecular weight excluding hydrogens is 332 g/mol. The molecule has 0 saturated heterocycles. The zero-order chi connectivity index (χ0) is 18.7. The molecule has 26 heavy (non-hydrogen) atoms. The molecule has 1 aromatic rings. The van der Waals surface area contributed by atoms with Crippen molar-refractivity contribution in [3.63, 3.8) is 0 Å². The second-order valence-electron chi connectivity index (χ2n) is 6.42. The van der Waals surface area contributed by atoms with Crippen LogP contribution in [-0.2, 0) is 0 Å². The van der Waals surface area contributed by atoms with Crippen molar-refractivity contribution in [1.29, 1.82) is 0 Å². The van der Waals surface area contributed by atoms with Gasteiger partial charge in [-0.3, -0.25) is 0 Å². The van der Waals surface area contributed by atoms with Crippen LogP contribution in [0.4, 0.5) is 5.69 Å². The highest BCUT2D eigenvalue weighted by Crippen LogP contribution is 2.37. The van der Waals surface area contributed by atoms with Crippen molar-refractivity contribution >= 4 is 16.6 Å². The number of methoxy groups -OCH3 is 1. The normalized spacial score (nSPS) is 11.2. The van der Waals surface area contributed by atoms with Crippen molar-refractivity contribution in [2.24, 2.45) is 0 Å². The van der Waals surface area contributed by atoms with Crippen molar-refractivity contribution < 1.29 is 4.74 Å². The van der Waals surface area contributed by atoms with Crippen LogP contribution in [0.15, 0.2) is 36.4 Å². The molecule has 0 aromatic heterocycles. The summed E-state index contributed by atoms with van der Waals surface area (Å²) in [6, 6.07) is 10.9. The number of anilines is 1. The zero-order valence-electron chi connectivity index (χ0n) is 15.2. The molecule has 0 fully saturated rings. The van der Waals surface area contributed by atoms with Gasteiger partial charge >= 0.3 is 0 Å². The molecule has 1 aromatic carbocycles. The molecule has 7 nitrogen and oxygen atoms in total. The lowest BCUT2D eigenvalue weighted by Gasteiger charge is -2.20. The van der Waals surface area contributed by atoms with E-state index in [2.05, 4.69) is 15.2 Å². The van der Waals surface area contributed by atoms with Crippen LogP contribution in [0.3, 0.4) is 0 Å². The first-order valence-corrected chi connectivity index (χ1v) is 8.50. The molecule has 0 atom stereocenters. The summed E-state index contributed by atoms with van der Waals surface area (Å²) in [5, 5.41) is 27.7. The maximum Gasteiger partial charge on any atom is 0.234 e. The Morgan fingerprint density at radius 3 is 2.62 bits per heavy atom. The van der Waals surface area contributed by atoms with Gasteiger partial charge in [0.1, 0.15) is 5.75 Å². The van der Waals surface area contributed by atoms with Gasteiger partial charge < -0.3 is 30.4 Å². The zero-order valence-corrected chi connectivity index (χ0v) is 15.2. The monoisotopic (exact) mass is 355 g/mol. The van der Waals surface area contributed by atoms with Crippen LogP contribution in [0.5, 0.6) is 5.75 Å². The Balaban J connectivity index is 2.24. The molecule has 0 radical (unpaired) electrons. The third-order valence-corrected chi connectivity index (χ3v) is 4.35. The number of nitrogens with one attached hydrogen (secondary N) is 2. The Labute approximate surface area is 152 Å². The average Bonchev–Trinajstić information content (AvgIpc) is 2.63. The second kappa shape index (κ2) is 7.53. The lowest BCUT2D eigenvalue weighted by atomic mass is 10.0. The molecule has 1 aliphatic carbocycles. The summed E-state index contributed by atoms with van der Waals surface area (Å²) in [6.45, 7) is 1.66. The number of aromatic amines is 1. The summed E-state index contributed by atoms with van der Waals surface area (Å²) in [5.74, 6) is 0.577. The van der Waals surface area contributed by atoms with E-state index in [4.69, 9.17) is 4.74 Å². The van der Waals surface area contributed by atoms with Crippen LogP contribution in [0.1, 0.15) is 6.42 Å². The number of para-hydroxylation sites is 1. The standard InChI is InChI=1S/C19H23N4O3/c1-22(2)12-6-11-20-18-13-7-4-5-8-14(13)21-19-16(26-3)10-9-15(17(18)19)23(24)25/h4-5,7-10,20-21H,6,11-12H2,1-3H3/q-1. The van der Waals surface area contributed by atoms with Crippen molar-refractivity contribution in [3.8, 4) is 17.0 Å². The third-order valence-electron chi connectivity index (χ3n) is 4.35. The fraction of sp³-hybridized carbons (Fsp3) is 0.316. The Bertz CT molecular complexity index is 945. The van der Waals surface area contributed by atoms with E-state index in [1.165, 1.54) is 6.07 Å². The summed E-state index contributed by atoms with van der Waals surface area (Å²) < 4.78 is 5.43. The Morgan fingerprint density at radius 2 is 1.92 bits per heavy atom. The summed E-state index contributed by atoms with van der Waals surface area (Å²) in [7, 11) is 5.61. The maximum atomic E-state index is 11.6. The number of hydrogen-bond donors (Lipinski definition) is 2.